The number of carbonyl (C=O) groups is 1. The van der Waals surface area contributed by atoms with Crippen LogP contribution in [0.15, 0.2) is 74.4 Å². The molecule has 11 heteroatoms. The van der Waals surface area contributed by atoms with E-state index < -0.39 is 15.9 Å². The number of hydrazone groups is 1. The Morgan fingerprint density at radius 1 is 1.08 bits per heavy atom. The molecule has 0 radical (unpaired) electrons. The summed E-state index contributed by atoms with van der Waals surface area (Å²) in [5, 5.41) is 8.08. The molecule has 4 aromatic rings. The first-order valence-electron chi connectivity index (χ1n) is 11.4. The van der Waals surface area contributed by atoms with Crippen molar-refractivity contribution in [3.8, 4) is 0 Å². The molecule has 0 aliphatic rings. The number of hydrogen-bond acceptors (Lipinski definition) is 7. The van der Waals surface area contributed by atoms with Crippen LogP contribution in [-0.2, 0) is 10.0 Å². The number of fused-ring (bicyclic) bond motifs is 1. The normalized spacial score (nSPS) is 12.1. The minimum atomic E-state index is -3.64. The second kappa shape index (κ2) is 11.7. The molecule has 0 atom stereocenters. The van der Waals surface area contributed by atoms with Crippen LogP contribution in [0, 0.1) is 0 Å². The molecule has 0 saturated carbocycles. The summed E-state index contributed by atoms with van der Waals surface area (Å²) in [6, 6.07) is 15.6. The van der Waals surface area contributed by atoms with E-state index in [9.17, 15) is 13.2 Å². The van der Waals surface area contributed by atoms with Crippen LogP contribution in [0.4, 0.5) is 5.13 Å². The number of thiazole rings is 1. The van der Waals surface area contributed by atoms with Crippen molar-refractivity contribution in [1.29, 1.82) is 0 Å². The highest BCUT2D eigenvalue weighted by atomic mass is 79.9. The van der Waals surface area contributed by atoms with E-state index in [4.69, 9.17) is 0 Å². The third-order valence-electron chi connectivity index (χ3n) is 5.24. The van der Waals surface area contributed by atoms with Gasteiger partial charge in [-0.1, -0.05) is 47.2 Å². The summed E-state index contributed by atoms with van der Waals surface area (Å²) < 4.78 is 29.5. The molecule has 0 aliphatic carbocycles. The lowest BCUT2D eigenvalue weighted by Crippen LogP contribution is -2.32. The highest BCUT2D eigenvalue weighted by molar-refractivity contribution is 9.10. The number of anilines is 1. The number of thiophene rings is 1. The van der Waals surface area contributed by atoms with Gasteiger partial charge in [-0.2, -0.15) is 14.4 Å². The second-order valence-electron chi connectivity index (χ2n) is 7.91. The zero-order chi connectivity index (χ0) is 25.7. The smallest absolute Gasteiger partial charge is 0.267 e. The van der Waals surface area contributed by atoms with Crippen LogP contribution in [0.1, 0.15) is 41.9 Å². The number of amides is 1. The molecule has 36 heavy (non-hydrogen) atoms. The summed E-state index contributed by atoms with van der Waals surface area (Å²) in [5.74, 6) is -0.399. The number of carbonyl (C=O) groups excluding carboxylic acids is 1. The van der Waals surface area contributed by atoms with Crippen LogP contribution < -0.4 is 5.01 Å². The van der Waals surface area contributed by atoms with Gasteiger partial charge in [-0.3, -0.25) is 4.79 Å². The van der Waals surface area contributed by atoms with Crippen LogP contribution in [-0.4, -0.2) is 42.9 Å². The van der Waals surface area contributed by atoms with Gasteiger partial charge in [0.1, 0.15) is 0 Å². The van der Waals surface area contributed by atoms with E-state index in [1.807, 2.05) is 49.6 Å². The molecule has 1 amide bonds. The Labute approximate surface area is 227 Å². The van der Waals surface area contributed by atoms with E-state index in [1.165, 1.54) is 56.3 Å². The summed E-state index contributed by atoms with van der Waals surface area (Å²) in [5.41, 5.74) is 1.07. The Morgan fingerprint density at radius 3 is 2.44 bits per heavy atom. The maximum Gasteiger partial charge on any atom is 0.280 e. The number of nitrogens with zero attached hydrogens (tertiary/aromatic N) is 4. The van der Waals surface area contributed by atoms with Crippen LogP contribution in [0.3, 0.4) is 0 Å². The molecule has 0 spiro atoms. The van der Waals surface area contributed by atoms with Crippen molar-refractivity contribution in [2.75, 3.05) is 18.1 Å². The molecule has 0 aliphatic heterocycles. The summed E-state index contributed by atoms with van der Waals surface area (Å²) >= 11 is 6.33. The highest BCUT2D eigenvalue weighted by Crippen LogP contribution is 2.32. The molecule has 0 N–H and O–H groups in total. The van der Waals surface area contributed by atoms with Crippen molar-refractivity contribution >= 4 is 76.1 Å². The highest BCUT2D eigenvalue weighted by Gasteiger charge is 2.25. The fraction of sp³-hybridized carbons (Fsp3) is 0.240. The van der Waals surface area contributed by atoms with Crippen molar-refractivity contribution in [2.45, 2.75) is 31.6 Å². The zero-order valence-electron chi connectivity index (χ0n) is 19.8. The minimum Gasteiger partial charge on any atom is -0.267 e. The Kier molecular flexibility index (Phi) is 8.68. The van der Waals surface area contributed by atoms with Crippen LogP contribution in [0.25, 0.3) is 10.2 Å². The van der Waals surface area contributed by atoms with Gasteiger partial charge < -0.3 is 0 Å². The van der Waals surface area contributed by atoms with Crippen LogP contribution in [0.5, 0.6) is 0 Å². The molecule has 2 aromatic carbocycles. The maximum atomic E-state index is 13.6. The predicted molar refractivity (Wildman–Crippen MR) is 152 cm³/mol. The van der Waals surface area contributed by atoms with Crippen molar-refractivity contribution in [1.82, 2.24) is 9.29 Å². The van der Waals surface area contributed by atoms with E-state index in [-0.39, 0.29) is 4.90 Å². The molecule has 2 aromatic heterocycles. The van der Waals surface area contributed by atoms with Gasteiger partial charge in [0.15, 0.2) is 0 Å². The molecule has 0 bridgehead atoms. The van der Waals surface area contributed by atoms with E-state index >= 15 is 0 Å². The Balaban J connectivity index is 1.67. The molecular formula is C25H25BrN4O3S3. The van der Waals surface area contributed by atoms with Gasteiger partial charge in [-0.25, -0.2) is 13.4 Å². The second-order valence-corrected chi connectivity index (χ2v) is 12.8. The number of benzene rings is 2. The number of rotatable bonds is 10. The first-order valence-corrected chi connectivity index (χ1v) is 15.3. The third kappa shape index (κ3) is 5.92. The lowest BCUT2D eigenvalue weighted by atomic mass is 10.2. The Morgan fingerprint density at radius 2 is 1.81 bits per heavy atom. The van der Waals surface area contributed by atoms with Gasteiger partial charge in [0, 0.05) is 28.0 Å². The van der Waals surface area contributed by atoms with Crippen LogP contribution >= 0.6 is 38.6 Å². The van der Waals surface area contributed by atoms with Crippen molar-refractivity contribution in [3.05, 3.63) is 74.9 Å². The lowest BCUT2D eigenvalue weighted by Gasteiger charge is -2.21. The average molecular weight is 606 g/mol. The van der Waals surface area contributed by atoms with Gasteiger partial charge in [0.05, 0.1) is 21.3 Å². The monoisotopic (exact) mass is 604 g/mol. The van der Waals surface area contributed by atoms with E-state index in [0.29, 0.717) is 23.8 Å². The molecule has 0 unspecified atom stereocenters. The summed E-state index contributed by atoms with van der Waals surface area (Å²) in [6.45, 7) is 4.81. The van der Waals surface area contributed by atoms with E-state index in [2.05, 4.69) is 26.0 Å². The fourth-order valence-corrected chi connectivity index (χ4v) is 7.21. The Bertz CT molecular complexity index is 1460. The van der Waals surface area contributed by atoms with Gasteiger partial charge in [-0.15, -0.1) is 11.3 Å². The number of hydrogen-bond donors (Lipinski definition) is 0. The number of halogens is 1. The first kappa shape index (κ1) is 26.6. The van der Waals surface area contributed by atoms with E-state index in [0.717, 1.165) is 32.4 Å². The van der Waals surface area contributed by atoms with Gasteiger partial charge in [-0.05, 0) is 66.8 Å². The summed E-state index contributed by atoms with van der Waals surface area (Å²) in [4.78, 5) is 19.2. The number of sulfonamides is 1. The lowest BCUT2D eigenvalue weighted by molar-refractivity contribution is 0.0987. The van der Waals surface area contributed by atoms with Gasteiger partial charge in [0.25, 0.3) is 5.91 Å². The quantitative estimate of drug-likeness (QED) is 0.150. The van der Waals surface area contributed by atoms with Crippen molar-refractivity contribution in [3.63, 3.8) is 0 Å². The molecule has 0 fully saturated rings. The fourth-order valence-electron chi connectivity index (χ4n) is 3.54. The summed E-state index contributed by atoms with van der Waals surface area (Å²) in [7, 11) is -3.64. The molecule has 0 saturated heterocycles. The topological polar surface area (TPSA) is 82.9 Å². The van der Waals surface area contributed by atoms with Crippen LogP contribution in [0.2, 0.25) is 0 Å². The number of aromatic nitrogens is 1. The van der Waals surface area contributed by atoms with Crippen molar-refractivity contribution in [2.24, 2.45) is 5.10 Å². The third-order valence-corrected chi connectivity index (χ3v) is 9.45. The minimum absolute atomic E-state index is 0.166. The standard InChI is InChI=1S/C25H25BrN4O3S3/c1-3-13-29(14-4-2)36(32,33)21-10-7-18(8-11-21)24(31)30(27-17-20-6-5-15-34-20)25-28-22-12-9-19(26)16-23(22)35-25/h5-12,15-17H,3-4,13-14H2,1-2H3/b27-17+. The van der Waals surface area contributed by atoms with E-state index in [1.54, 1.807) is 6.21 Å². The molecule has 4 rings (SSSR count). The zero-order valence-corrected chi connectivity index (χ0v) is 23.8. The van der Waals surface area contributed by atoms with Gasteiger partial charge >= 0.3 is 0 Å². The first-order chi connectivity index (χ1) is 17.3. The molecule has 7 nitrogen and oxygen atoms in total. The molecule has 2 heterocycles. The SMILES string of the molecule is CCCN(CCC)S(=O)(=O)c1ccc(C(=O)N(/N=C/c2cccs2)c2nc3ccc(Br)cc3s2)cc1. The van der Waals surface area contributed by atoms with Gasteiger partial charge in [0.2, 0.25) is 15.2 Å². The average Bonchev–Trinajstić information content (AvgIpc) is 3.53. The largest absolute Gasteiger partial charge is 0.280 e. The Hall–Kier alpha value is -2.44. The predicted octanol–water partition coefficient (Wildman–Crippen LogP) is 6.61. The van der Waals surface area contributed by atoms with Crippen molar-refractivity contribution < 1.29 is 13.2 Å². The summed E-state index contributed by atoms with van der Waals surface area (Å²) in [6.07, 6.45) is 3.08. The maximum absolute atomic E-state index is 13.6. The molecule has 188 valence electrons. The molecular weight excluding hydrogens is 580 g/mol.